The molecule has 0 radical (unpaired) electrons. The van der Waals surface area contributed by atoms with Gasteiger partial charge in [-0.1, -0.05) is 24.3 Å². The van der Waals surface area contributed by atoms with Gasteiger partial charge < -0.3 is 47.4 Å². The summed E-state index contributed by atoms with van der Waals surface area (Å²) in [7, 11) is 0. The molecule has 9 aromatic heterocycles. The summed E-state index contributed by atoms with van der Waals surface area (Å²) in [6.07, 6.45) is 11.0. The minimum atomic E-state index is -0.318. The number of pyridine rings is 6. The summed E-state index contributed by atoms with van der Waals surface area (Å²) in [6.45, 7) is 10.7. The van der Waals surface area contributed by atoms with Gasteiger partial charge in [0.2, 0.25) is 0 Å². The number of imidazole rings is 3. The SMILES string of the molecule is CCNC(=O)c1cc2c(N3CCC[C@@H](N)C3)c(CNC(=O)c3cc4c(N5CCC[C@@H](N)C5)ccnc4n4c3nc3ccc(N[C@@H]5CCCN(c6ccnc7c6cc(C(=O)NC(C)C)c6nc8ccccc8n67)C5)cc34)cnc2n2c1nc1ccccc12. The zero-order valence-electron chi connectivity index (χ0n) is 48.9. The van der Waals surface area contributed by atoms with Crippen molar-refractivity contribution in [3.05, 3.63) is 138 Å². The smallest absolute Gasteiger partial charge is 0.255 e. The molecule has 3 saturated heterocycles. The standard InChI is InChI=1S/C66H68N18O3/c1-4-69-64(85)47-31-45-57(81-27-10-13-40(68)35-81)38(32-72-60(45)83-55-18-8-6-16-50(55)76-61(47)83)33-73-65(86)46-29-43-52(79-25-9-12-39(67)34-79)21-23-71-59(43)84-56-28-41(19-20-51(56)78-62(46)84)75-42-14-11-26-80(36-42)53-22-24-70-58-44(53)30-48(66(87)74-37(2)3)63-77-49-15-5-7-17-54(49)82(58)63/h5-8,15-24,28-32,37,39-40,42,75H,4,9-14,25-27,33-36,67-68H2,1-3H3,(H,69,85)(H,73,86)(H,74,87)/t39-,40-,42-/m1/s1. The fourth-order valence-corrected chi connectivity index (χ4v) is 13.8. The van der Waals surface area contributed by atoms with Crippen molar-refractivity contribution in [3.8, 4) is 0 Å². The molecule has 0 bridgehead atoms. The number of carbonyl (C=O) groups is 3. The molecule has 3 atom stereocenters. The van der Waals surface area contributed by atoms with Gasteiger partial charge in [0, 0.05) is 134 Å². The first-order valence-corrected chi connectivity index (χ1v) is 30.5. The summed E-state index contributed by atoms with van der Waals surface area (Å²) in [5, 5.41) is 15.8. The molecule has 3 aromatic carbocycles. The number of para-hydroxylation sites is 4. The van der Waals surface area contributed by atoms with E-state index >= 15 is 4.79 Å². The molecule has 0 unspecified atom stereocenters. The van der Waals surface area contributed by atoms with Crippen molar-refractivity contribution in [1.29, 1.82) is 0 Å². The Morgan fingerprint density at radius 2 is 1.07 bits per heavy atom. The largest absolute Gasteiger partial charge is 0.380 e. The highest BCUT2D eigenvalue weighted by molar-refractivity contribution is 6.11. The number of nitrogens with zero attached hydrogens (tertiary/aromatic N) is 12. The first kappa shape index (κ1) is 54.0. The third-order valence-electron chi connectivity index (χ3n) is 17.7. The van der Waals surface area contributed by atoms with Crippen LogP contribution in [-0.2, 0) is 6.54 Å². The van der Waals surface area contributed by atoms with E-state index in [-0.39, 0.29) is 48.4 Å². The molecule has 87 heavy (non-hydrogen) atoms. The number of benzene rings is 3. The number of hydrogen-bond acceptors (Lipinski definition) is 15. The van der Waals surface area contributed by atoms with Crippen LogP contribution >= 0.6 is 0 Å². The van der Waals surface area contributed by atoms with E-state index < -0.39 is 0 Å². The van der Waals surface area contributed by atoms with Crippen LogP contribution in [0.25, 0.3) is 83.1 Å². The molecular formula is C66H68N18O3. The lowest BCUT2D eigenvalue weighted by Crippen LogP contribution is -2.43. The molecule has 0 aliphatic carbocycles. The lowest BCUT2D eigenvalue weighted by molar-refractivity contribution is 0.0938. The van der Waals surface area contributed by atoms with Crippen molar-refractivity contribution in [1.82, 2.24) is 59.1 Å². The highest BCUT2D eigenvalue weighted by Gasteiger charge is 2.30. The highest BCUT2D eigenvalue weighted by Crippen LogP contribution is 2.39. The third kappa shape index (κ3) is 9.34. The molecule has 21 heteroatoms. The van der Waals surface area contributed by atoms with Crippen LogP contribution in [0.15, 0.2) is 116 Å². The van der Waals surface area contributed by atoms with Crippen molar-refractivity contribution in [2.75, 3.05) is 65.8 Å². The maximum absolute atomic E-state index is 15.4. The molecule has 3 amide bonds. The third-order valence-corrected chi connectivity index (χ3v) is 17.7. The van der Waals surface area contributed by atoms with Gasteiger partial charge in [-0.15, -0.1) is 0 Å². The maximum atomic E-state index is 15.4. The van der Waals surface area contributed by atoms with Crippen molar-refractivity contribution >= 4 is 124 Å². The maximum Gasteiger partial charge on any atom is 0.255 e. The number of rotatable bonds is 12. The molecule has 15 rings (SSSR count). The quantitative estimate of drug-likeness (QED) is 0.0671. The van der Waals surface area contributed by atoms with E-state index in [0.717, 1.165) is 136 Å². The number of aromatic nitrogens is 9. The van der Waals surface area contributed by atoms with Gasteiger partial charge in [0.15, 0.2) is 16.9 Å². The number of anilines is 4. The summed E-state index contributed by atoms with van der Waals surface area (Å²) >= 11 is 0. The number of amides is 3. The fraction of sp³-hybridized carbons (Fsp3) is 0.318. The second kappa shape index (κ2) is 21.7. The lowest BCUT2D eigenvalue weighted by Gasteiger charge is -2.36. The summed E-state index contributed by atoms with van der Waals surface area (Å²) < 4.78 is 6.02. The minimum absolute atomic E-state index is 0.00538. The second-order valence-corrected chi connectivity index (χ2v) is 24.0. The molecule has 12 aromatic rings. The number of nitrogens with one attached hydrogen (secondary N) is 4. The molecule has 0 spiro atoms. The van der Waals surface area contributed by atoms with Crippen LogP contribution in [0.4, 0.5) is 22.7 Å². The van der Waals surface area contributed by atoms with Gasteiger partial charge in [-0.25, -0.2) is 29.9 Å². The van der Waals surface area contributed by atoms with E-state index in [1.165, 1.54) is 0 Å². The van der Waals surface area contributed by atoms with Gasteiger partial charge in [0.05, 0.1) is 55.5 Å². The predicted octanol–water partition coefficient (Wildman–Crippen LogP) is 8.49. The zero-order chi connectivity index (χ0) is 59.2. The molecule has 12 heterocycles. The van der Waals surface area contributed by atoms with Crippen LogP contribution < -0.4 is 47.4 Å². The van der Waals surface area contributed by atoms with Crippen LogP contribution in [0.1, 0.15) is 95.9 Å². The Morgan fingerprint density at radius 1 is 0.552 bits per heavy atom. The summed E-state index contributed by atoms with van der Waals surface area (Å²) in [4.78, 5) is 80.5. The summed E-state index contributed by atoms with van der Waals surface area (Å²) in [5.74, 6) is -0.735. The summed E-state index contributed by atoms with van der Waals surface area (Å²) in [5.41, 5.74) is 27.6. The molecular weight excluding hydrogens is 1090 g/mol. The number of carbonyl (C=O) groups excluding carboxylic acids is 3. The first-order valence-electron chi connectivity index (χ1n) is 30.5. The van der Waals surface area contributed by atoms with E-state index in [4.69, 9.17) is 41.4 Å². The molecule has 3 fully saturated rings. The van der Waals surface area contributed by atoms with Crippen LogP contribution in [0.3, 0.4) is 0 Å². The predicted molar refractivity (Wildman–Crippen MR) is 343 cm³/mol. The molecule has 3 aliphatic heterocycles. The van der Waals surface area contributed by atoms with Crippen molar-refractivity contribution in [2.24, 2.45) is 11.5 Å². The van der Waals surface area contributed by atoms with E-state index in [2.05, 4.69) is 54.2 Å². The van der Waals surface area contributed by atoms with Crippen molar-refractivity contribution in [3.63, 3.8) is 0 Å². The normalized spacial score (nSPS) is 17.8. The highest BCUT2D eigenvalue weighted by atomic mass is 16.2. The average Bonchev–Trinajstić information content (AvgIpc) is 1.72. The first-order chi connectivity index (χ1) is 42.5. The van der Waals surface area contributed by atoms with Gasteiger partial charge in [-0.2, -0.15) is 0 Å². The van der Waals surface area contributed by atoms with Crippen LogP contribution in [0.5, 0.6) is 0 Å². The molecule has 3 aliphatic rings. The average molecular weight is 1160 g/mol. The monoisotopic (exact) mass is 1160 g/mol. The van der Waals surface area contributed by atoms with Gasteiger partial charge in [0.1, 0.15) is 16.9 Å². The molecule has 0 saturated carbocycles. The topological polar surface area (TPSA) is 252 Å². The second-order valence-electron chi connectivity index (χ2n) is 24.0. The molecule has 8 N–H and O–H groups in total. The Kier molecular flexibility index (Phi) is 13.4. The number of hydrogen-bond donors (Lipinski definition) is 6. The van der Waals surface area contributed by atoms with Gasteiger partial charge in [-0.05, 0) is 132 Å². The van der Waals surface area contributed by atoms with Crippen LogP contribution in [0.2, 0.25) is 0 Å². The summed E-state index contributed by atoms with van der Waals surface area (Å²) in [6, 6.07) is 31.8. The van der Waals surface area contributed by atoms with Crippen molar-refractivity contribution < 1.29 is 14.4 Å². The zero-order valence-corrected chi connectivity index (χ0v) is 48.9. The van der Waals surface area contributed by atoms with Gasteiger partial charge in [0.25, 0.3) is 17.7 Å². The Bertz CT molecular complexity index is 4780. The number of piperidine rings is 3. The van der Waals surface area contributed by atoms with E-state index in [1.54, 1.807) is 0 Å². The Labute approximate surface area is 500 Å². The van der Waals surface area contributed by atoms with Crippen molar-refractivity contribution in [2.45, 2.75) is 90.0 Å². The molecule has 440 valence electrons. The number of nitrogens with two attached hydrogens (primary N) is 2. The Morgan fingerprint density at radius 3 is 1.68 bits per heavy atom. The van der Waals surface area contributed by atoms with Crippen LogP contribution in [-0.4, -0.2) is 131 Å². The van der Waals surface area contributed by atoms with Gasteiger partial charge >= 0.3 is 0 Å². The fourth-order valence-electron chi connectivity index (χ4n) is 13.8. The Balaban J connectivity index is 0.802. The van der Waals surface area contributed by atoms with Gasteiger partial charge in [-0.3, -0.25) is 27.6 Å². The molecule has 21 nitrogen and oxygen atoms in total. The minimum Gasteiger partial charge on any atom is -0.380 e. The lowest BCUT2D eigenvalue weighted by atomic mass is 10.0. The van der Waals surface area contributed by atoms with Crippen LogP contribution in [0, 0.1) is 0 Å². The van der Waals surface area contributed by atoms with E-state index in [1.807, 2.05) is 131 Å². The number of fused-ring (bicyclic) bond motifs is 15. The van der Waals surface area contributed by atoms with E-state index in [9.17, 15) is 9.59 Å². The Hall–Kier alpha value is -9.73. The van der Waals surface area contributed by atoms with E-state index in [0.29, 0.717) is 76.6 Å².